The number of carbonyl (C=O) groups is 1. The number of amides is 1. The van der Waals surface area contributed by atoms with Gasteiger partial charge in [0.15, 0.2) is 0 Å². The Morgan fingerprint density at radius 3 is 2.25 bits per heavy atom. The van der Waals surface area contributed by atoms with E-state index in [2.05, 4.69) is 41.7 Å². The molecule has 1 amide bonds. The molecule has 0 unspecified atom stereocenters. The van der Waals surface area contributed by atoms with Crippen molar-refractivity contribution in [3.05, 3.63) is 95.6 Å². The maximum atomic E-state index is 12.2. The van der Waals surface area contributed by atoms with Gasteiger partial charge in [-0.25, -0.2) is 0 Å². The predicted molar refractivity (Wildman–Crippen MR) is 102 cm³/mol. The highest BCUT2D eigenvalue weighted by atomic mass is 32.2. The summed E-state index contributed by atoms with van der Waals surface area (Å²) < 4.78 is 0. The standard InChI is InChI=1S/C21H19NOS/c1-16-14-17(15-24-19-10-6-3-7-11-19)12-13-20(16)22-21(23)18-8-4-2-5-9-18/h2-14H,15H2,1H3,(H,22,23). The first kappa shape index (κ1) is 16.3. The Morgan fingerprint density at radius 2 is 1.58 bits per heavy atom. The van der Waals surface area contributed by atoms with Gasteiger partial charge in [-0.05, 0) is 48.4 Å². The second-order valence-electron chi connectivity index (χ2n) is 5.57. The van der Waals surface area contributed by atoms with Gasteiger partial charge in [0.05, 0.1) is 0 Å². The highest BCUT2D eigenvalue weighted by molar-refractivity contribution is 7.98. The van der Waals surface area contributed by atoms with Crippen LogP contribution in [-0.2, 0) is 5.75 Å². The second kappa shape index (κ2) is 7.84. The molecule has 3 aromatic rings. The van der Waals surface area contributed by atoms with Crippen LogP contribution in [0.1, 0.15) is 21.5 Å². The minimum Gasteiger partial charge on any atom is -0.322 e. The summed E-state index contributed by atoms with van der Waals surface area (Å²) in [5.41, 5.74) is 3.85. The molecule has 24 heavy (non-hydrogen) atoms. The van der Waals surface area contributed by atoms with Gasteiger partial charge in [0.2, 0.25) is 0 Å². The predicted octanol–water partition coefficient (Wildman–Crippen LogP) is 5.54. The number of benzene rings is 3. The van der Waals surface area contributed by atoms with Crippen molar-refractivity contribution in [2.24, 2.45) is 0 Å². The molecule has 0 aliphatic rings. The molecule has 0 aliphatic heterocycles. The van der Waals surface area contributed by atoms with E-state index in [-0.39, 0.29) is 5.91 Å². The monoisotopic (exact) mass is 333 g/mol. The molecule has 0 saturated heterocycles. The maximum absolute atomic E-state index is 12.2. The number of anilines is 1. The number of carbonyl (C=O) groups excluding carboxylic acids is 1. The lowest BCUT2D eigenvalue weighted by molar-refractivity contribution is 0.102. The van der Waals surface area contributed by atoms with Gasteiger partial charge < -0.3 is 5.32 Å². The van der Waals surface area contributed by atoms with Crippen LogP contribution < -0.4 is 5.32 Å². The van der Waals surface area contributed by atoms with Gasteiger partial charge in [-0.2, -0.15) is 0 Å². The molecule has 120 valence electrons. The van der Waals surface area contributed by atoms with Crippen molar-refractivity contribution >= 4 is 23.4 Å². The molecule has 0 fully saturated rings. The summed E-state index contributed by atoms with van der Waals surface area (Å²) in [6.45, 7) is 2.03. The van der Waals surface area contributed by atoms with E-state index in [1.165, 1.54) is 10.5 Å². The van der Waals surface area contributed by atoms with Crippen LogP contribution in [-0.4, -0.2) is 5.91 Å². The molecule has 1 N–H and O–H groups in total. The van der Waals surface area contributed by atoms with Crippen molar-refractivity contribution in [3.63, 3.8) is 0 Å². The van der Waals surface area contributed by atoms with Crippen molar-refractivity contribution in [1.29, 1.82) is 0 Å². The topological polar surface area (TPSA) is 29.1 Å². The molecule has 0 aliphatic carbocycles. The van der Waals surface area contributed by atoms with Gasteiger partial charge in [0, 0.05) is 21.9 Å². The second-order valence-corrected chi connectivity index (χ2v) is 6.62. The fraction of sp³-hybridized carbons (Fsp3) is 0.0952. The van der Waals surface area contributed by atoms with Crippen molar-refractivity contribution < 1.29 is 4.79 Å². The van der Waals surface area contributed by atoms with Crippen molar-refractivity contribution in [3.8, 4) is 0 Å². The molecule has 0 aromatic heterocycles. The zero-order chi connectivity index (χ0) is 16.8. The zero-order valence-electron chi connectivity index (χ0n) is 13.5. The SMILES string of the molecule is Cc1cc(CSc2ccccc2)ccc1NC(=O)c1ccccc1. The van der Waals surface area contributed by atoms with E-state index in [4.69, 9.17) is 0 Å². The third-order valence-electron chi connectivity index (χ3n) is 3.72. The number of aryl methyl sites for hydroxylation is 1. The van der Waals surface area contributed by atoms with Gasteiger partial charge in [0.25, 0.3) is 5.91 Å². The Kier molecular flexibility index (Phi) is 5.34. The molecule has 0 radical (unpaired) electrons. The maximum Gasteiger partial charge on any atom is 0.255 e. The number of thioether (sulfide) groups is 1. The Hall–Kier alpha value is -2.52. The lowest BCUT2D eigenvalue weighted by Gasteiger charge is -2.10. The Balaban J connectivity index is 1.65. The van der Waals surface area contributed by atoms with E-state index >= 15 is 0 Å². The molecule has 0 saturated carbocycles. The van der Waals surface area contributed by atoms with Gasteiger partial charge in [0.1, 0.15) is 0 Å². The highest BCUT2D eigenvalue weighted by Crippen LogP contribution is 2.25. The molecule has 3 rings (SSSR count). The summed E-state index contributed by atoms with van der Waals surface area (Å²) in [6.07, 6.45) is 0. The minimum atomic E-state index is -0.0786. The highest BCUT2D eigenvalue weighted by Gasteiger charge is 2.07. The Labute approximate surface area is 146 Å². The van der Waals surface area contributed by atoms with Crippen LogP contribution in [0.25, 0.3) is 0 Å². The van der Waals surface area contributed by atoms with E-state index in [0.29, 0.717) is 5.56 Å². The van der Waals surface area contributed by atoms with Crippen LogP contribution >= 0.6 is 11.8 Å². The molecule has 2 nitrogen and oxygen atoms in total. The van der Waals surface area contributed by atoms with Crippen LogP contribution in [0.15, 0.2) is 83.8 Å². The number of hydrogen-bond acceptors (Lipinski definition) is 2. The largest absolute Gasteiger partial charge is 0.322 e. The number of hydrogen-bond donors (Lipinski definition) is 1. The smallest absolute Gasteiger partial charge is 0.255 e. The summed E-state index contributed by atoms with van der Waals surface area (Å²) in [5, 5.41) is 2.98. The molecular weight excluding hydrogens is 314 g/mol. The molecule has 0 spiro atoms. The lowest BCUT2D eigenvalue weighted by atomic mass is 10.1. The van der Waals surface area contributed by atoms with Crippen molar-refractivity contribution in [1.82, 2.24) is 0 Å². The number of nitrogens with one attached hydrogen (secondary N) is 1. The molecule has 3 aromatic carbocycles. The molecular formula is C21H19NOS. The fourth-order valence-electron chi connectivity index (χ4n) is 2.42. The molecule has 3 heteroatoms. The molecule has 0 bridgehead atoms. The van der Waals surface area contributed by atoms with E-state index in [1.54, 1.807) is 0 Å². The minimum absolute atomic E-state index is 0.0786. The summed E-state index contributed by atoms with van der Waals surface area (Å²) >= 11 is 1.81. The average molecular weight is 333 g/mol. The van der Waals surface area contributed by atoms with E-state index in [1.807, 2.05) is 61.2 Å². The first-order valence-electron chi connectivity index (χ1n) is 7.86. The van der Waals surface area contributed by atoms with Crippen LogP contribution in [0, 0.1) is 6.92 Å². The molecule has 0 heterocycles. The normalized spacial score (nSPS) is 10.4. The third kappa shape index (κ3) is 4.27. The first-order valence-corrected chi connectivity index (χ1v) is 8.85. The fourth-order valence-corrected chi connectivity index (χ4v) is 3.29. The van der Waals surface area contributed by atoms with Crippen LogP contribution in [0.3, 0.4) is 0 Å². The van der Waals surface area contributed by atoms with Crippen LogP contribution in [0.2, 0.25) is 0 Å². The van der Waals surface area contributed by atoms with Crippen molar-refractivity contribution in [2.45, 2.75) is 17.6 Å². The Bertz CT molecular complexity index is 816. The van der Waals surface area contributed by atoms with Gasteiger partial charge in [-0.3, -0.25) is 4.79 Å². The quantitative estimate of drug-likeness (QED) is 0.621. The van der Waals surface area contributed by atoms with Crippen molar-refractivity contribution in [2.75, 3.05) is 5.32 Å². The van der Waals surface area contributed by atoms with E-state index < -0.39 is 0 Å². The van der Waals surface area contributed by atoms with Crippen LogP contribution in [0.4, 0.5) is 5.69 Å². The van der Waals surface area contributed by atoms with Crippen LogP contribution in [0.5, 0.6) is 0 Å². The molecule has 0 atom stereocenters. The average Bonchev–Trinajstić information content (AvgIpc) is 2.63. The van der Waals surface area contributed by atoms with Gasteiger partial charge in [-0.1, -0.05) is 48.5 Å². The lowest BCUT2D eigenvalue weighted by Crippen LogP contribution is -2.12. The summed E-state index contributed by atoms with van der Waals surface area (Å²) in [6, 6.07) is 25.8. The first-order chi connectivity index (χ1) is 11.7. The van der Waals surface area contributed by atoms with E-state index in [0.717, 1.165) is 17.0 Å². The van der Waals surface area contributed by atoms with E-state index in [9.17, 15) is 4.79 Å². The summed E-state index contributed by atoms with van der Waals surface area (Å²) in [7, 11) is 0. The summed E-state index contributed by atoms with van der Waals surface area (Å²) in [5.74, 6) is 0.836. The third-order valence-corrected chi connectivity index (χ3v) is 4.81. The van der Waals surface area contributed by atoms with Gasteiger partial charge >= 0.3 is 0 Å². The van der Waals surface area contributed by atoms with Gasteiger partial charge in [-0.15, -0.1) is 11.8 Å². The zero-order valence-corrected chi connectivity index (χ0v) is 14.3. The summed E-state index contributed by atoms with van der Waals surface area (Å²) in [4.78, 5) is 13.5. The Morgan fingerprint density at radius 1 is 0.917 bits per heavy atom. The number of rotatable bonds is 5.